The van der Waals surface area contributed by atoms with E-state index in [2.05, 4.69) is 31.4 Å². The maximum Gasteiger partial charge on any atom is 0.240 e. The predicted octanol–water partition coefficient (Wildman–Crippen LogP) is 4.86. The molecule has 1 aromatic heterocycles. The largest absolute Gasteiger partial charge is 0.338 e. The third-order valence-electron chi connectivity index (χ3n) is 5.22. The molecule has 1 heterocycles. The van der Waals surface area contributed by atoms with Crippen LogP contribution in [0.4, 0.5) is 27.5 Å². The van der Waals surface area contributed by atoms with Crippen LogP contribution < -0.4 is 15.4 Å². The third kappa shape index (κ3) is 5.43. The Bertz CT molecular complexity index is 1530. The summed E-state index contributed by atoms with van der Waals surface area (Å²) in [4.78, 5) is 8.26. The molecular formula is C25H21FN6O2S. The molecule has 0 aliphatic carbocycles. The van der Waals surface area contributed by atoms with Crippen molar-refractivity contribution in [3.63, 3.8) is 0 Å². The van der Waals surface area contributed by atoms with Gasteiger partial charge in [0.2, 0.25) is 16.0 Å². The fourth-order valence-corrected chi connectivity index (χ4v) is 4.37. The van der Waals surface area contributed by atoms with Gasteiger partial charge in [0.25, 0.3) is 0 Å². The van der Waals surface area contributed by atoms with E-state index in [1.165, 1.54) is 13.1 Å². The number of nitrogens with zero attached hydrogens (tertiary/aromatic N) is 3. The van der Waals surface area contributed by atoms with E-state index < -0.39 is 15.8 Å². The summed E-state index contributed by atoms with van der Waals surface area (Å²) in [5.41, 5.74) is 3.99. The van der Waals surface area contributed by atoms with Gasteiger partial charge in [-0.05, 0) is 67.1 Å². The quantitative estimate of drug-likeness (QED) is 0.340. The number of rotatable bonds is 7. The van der Waals surface area contributed by atoms with Crippen molar-refractivity contribution in [1.82, 2.24) is 14.7 Å². The van der Waals surface area contributed by atoms with Crippen LogP contribution in [0.3, 0.4) is 0 Å². The number of nitriles is 1. The zero-order valence-corrected chi connectivity index (χ0v) is 19.7. The number of benzene rings is 3. The van der Waals surface area contributed by atoms with Gasteiger partial charge in [0.15, 0.2) is 11.6 Å². The van der Waals surface area contributed by atoms with Gasteiger partial charge in [0.05, 0.1) is 22.7 Å². The minimum absolute atomic E-state index is 0.0445. The normalized spacial score (nSPS) is 11.0. The molecule has 4 aromatic rings. The van der Waals surface area contributed by atoms with Gasteiger partial charge < -0.3 is 10.6 Å². The van der Waals surface area contributed by atoms with Crippen molar-refractivity contribution in [2.45, 2.75) is 11.8 Å². The molecule has 176 valence electrons. The minimum atomic E-state index is -3.65. The van der Waals surface area contributed by atoms with Crippen LogP contribution in [-0.4, -0.2) is 25.4 Å². The van der Waals surface area contributed by atoms with Crippen molar-refractivity contribution < 1.29 is 12.8 Å². The Labute approximate surface area is 202 Å². The lowest BCUT2D eigenvalue weighted by Crippen LogP contribution is -2.19. The molecule has 3 N–H and O–H groups in total. The summed E-state index contributed by atoms with van der Waals surface area (Å²) in [5.74, 6) is -0.601. The number of hydrogen-bond acceptors (Lipinski definition) is 7. The van der Waals surface area contributed by atoms with E-state index >= 15 is 0 Å². The molecule has 8 nitrogen and oxygen atoms in total. The summed E-state index contributed by atoms with van der Waals surface area (Å²) in [7, 11) is -2.31. The van der Waals surface area contributed by atoms with Crippen LogP contribution in [0.15, 0.2) is 77.8 Å². The lowest BCUT2D eigenvalue weighted by molar-refractivity contribution is 0.587. The molecule has 0 radical (unpaired) electrons. The van der Waals surface area contributed by atoms with Crippen molar-refractivity contribution in [2.75, 3.05) is 17.7 Å². The van der Waals surface area contributed by atoms with Gasteiger partial charge in [-0.15, -0.1) is 0 Å². The molecule has 0 unspecified atom stereocenters. The molecule has 0 saturated carbocycles. The van der Waals surface area contributed by atoms with Crippen molar-refractivity contribution in [1.29, 1.82) is 5.26 Å². The Morgan fingerprint density at radius 3 is 2.40 bits per heavy atom. The van der Waals surface area contributed by atoms with Gasteiger partial charge in [0.1, 0.15) is 0 Å². The second kappa shape index (κ2) is 9.89. The lowest BCUT2D eigenvalue weighted by atomic mass is 10.0. The zero-order chi connectivity index (χ0) is 25.0. The van der Waals surface area contributed by atoms with E-state index in [9.17, 15) is 12.8 Å². The van der Waals surface area contributed by atoms with Crippen LogP contribution >= 0.6 is 0 Å². The van der Waals surface area contributed by atoms with E-state index in [0.29, 0.717) is 22.5 Å². The van der Waals surface area contributed by atoms with Gasteiger partial charge in [-0.1, -0.05) is 30.3 Å². The highest BCUT2D eigenvalue weighted by Crippen LogP contribution is 2.26. The smallest absolute Gasteiger partial charge is 0.240 e. The summed E-state index contributed by atoms with van der Waals surface area (Å²) < 4.78 is 41.2. The first-order chi connectivity index (χ1) is 16.8. The molecule has 0 amide bonds. The van der Waals surface area contributed by atoms with Gasteiger partial charge >= 0.3 is 0 Å². The van der Waals surface area contributed by atoms with Gasteiger partial charge in [0, 0.05) is 11.4 Å². The van der Waals surface area contributed by atoms with Gasteiger partial charge in [-0.25, -0.2) is 22.5 Å². The summed E-state index contributed by atoms with van der Waals surface area (Å²) in [5, 5.41) is 14.9. The highest BCUT2D eigenvalue weighted by Gasteiger charge is 2.16. The number of sulfonamides is 1. The first-order valence-corrected chi connectivity index (χ1v) is 12.0. The lowest BCUT2D eigenvalue weighted by Gasteiger charge is -2.12. The molecule has 35 heavy (non-hydrogen) atoms. The Balaban J connectivity index is 1.54. The average Bonchev–Trinajstić information content (AvgIpc) is 2.87. The standard InChI is InChI=1S/C25H21FN6O2S/c1-16-6-9-21(13-23(16)35(33,34)28-2)31-25-29-15-22(26)24(32-25)30-20-10-7-18(8-11-20)19-5-3-4-17(12-19)14-27/h3-13,15,28H,1-2H3,(H2,29,30,31,32). The van der Waals surface area contributed by atoms with Crippen LogP contribution in [0.2, 0.25) is 0 Å². The molecule has 3 aromatic carbocycles. The van der Waals surface area contributed by atoms with E-state index in [1.54, 1.807) is 43.3 Å². The number of hydrogen-bond donors (Lipinski definition) is 3. The molecule has 0 fully saturated rings. The van der Waals surface area contributed by atoms with E-state index in [0.717, 1.165) is 17.3 Å². The average molecular weight is 489 g/mol. The van der Waals surface area contributed by atoms with Crippen molar-refractivity contribution >= 4 is 33.2 Å². The van der Waals surface area contributed by atoms with Crippen molar-refractivity contribution in [2.24, 2.45) is 0 Å². The SMILES string of the molecule is CNS(=O)(=O)c1cc(Nc2ncc(F)c(Nc3ccc(-c4cccc(C#N)c4)cc3)n2)ccc1C. The Morgan fingerprint density at radius 1 is 0.943 bits per heavy atom. The van der Waals surface area contributed by atoms with Gasteiger partial charge in [-0.2, -0.15) is 10.2 Å². The number of anilines is 4. The first kappa shape index (κ1) is 23.8. The molecule has 0 saturated heterocycles. The van der Waals surface area contributed by atoms with Crippen LogP contribution in [0.25, 0.3) is 11.1 Å². The summed E-state index contributed by atoms with van der Waals surface area (Å²) >= 11 is 0. The summed E-state index contributed by atoms with van der Waals surface area (Å²) in [6.45, 7) is 1.69. The van der Waals surface area contributed by atoms with Crippen molar-refractivity contribution in [3.8, 4) is 17.2 Å². The fraction of sp³-hybridized carbons (Fsp3) is 0.0800. The molecule has 4 rings (SSSR count). The zero-order valence-electron chi connectivity index (χ0n) is 18.9. The highest BCUT2D eigenvalue weighted by atomic mass is 32.2. The number of nitrogens with one attached hydrogen (secondary N) is 3. The highest BCUT2D eigenvalue weighted by molar-refractivity contribution is 7.89. The molecule has 0 spiro atoms. The number of aryl methyl sites for hydroxylation is 1. The topological polar surface area (TPSA) is 120 Å². The summed E-state index contributed by atoms with van der Waals surface area (Å²) in [6.07, 6.45) is 1.03. The van der Waals surface area contributed by atoms with Gasteiger partial charge in [-0.3, -0.25) is 0 Å². The molecule has 0 atom stereocenters. The number of halogens is 1. The molecule has 10 heteroatoms. The van der Waals surface area contributed by atoms with E-state index in [-0.39, 0.29) is 16.7 Å². The Hall–Kier alpha value is -4.33. The van der Waals surface area contributed by atoms with Crippen LogP contribution in [0, 0.1) is 24.1 Å². The molecule has 0 aliphatic rings. The monoisotopic (exact) mass is 488 g/mol. The predicted molar refractivity (Wildman–Crippen MR) is 133 cm³/mol. The molecule has 0 bridgehead atoms. The third-order valence-corrected chi connectivity index (χ3v) is 6.78. The second-order valence-corrected chi connectivity index (χ2v) is 9.45. The van der Waals surface area contributed by atoms with E-state index in [4.69, 9.17) is 5.26 Å². The second-order valence-electron chi connectivity index (χ2n) is 7.60. The molecular weight excluding hydrogens is 467 g/mol. The maximum absolute atomic E-state index is 14.4. The minimum Gasteiger partial charge on any atom is -0.338 e. The van der Waals surface area contributed by atoms with Crippen molar-refractivity contribution in [3.05, 3.63) is 89.9 Å². The fourth-order valence-electron chi connectivity index (χ4n) is 3.37. The van der Waals surface area contributed by atoms with Crippen LogP contribution in [-0.2, 0) is 10.0 Å². The number of aromatic nitrogens is 2. The Kier molecular flexibility index (Phi) is 6.73. The van der Waals surface area contributed by atoms with E-state index in [1.807, 2.05) is 24.3 Å². The maximum atomic E-state index is 14.4. The Morgan fingerprint density at radius 2 is 1.69 bits per heavy atom. The van der Waals surface area contributed by atoms with Crippen LogP contribution in [0.5, 0.6) is 0 Å². The summed E-state index contributed by atoms with van der Waals surface area (Å²) in [6, 6.07) is 21.4. The van der Waals surface area contributed by atoms with Crippen LogP contribution in [0.1, 0.15) is 11.1 Å². The molecule has 0 aliphatic heterocycles. The first-order valence-electron chi connectivity index (χ1n) is 10.5.